The summed E-state index contributed by atoms with van der Waals surface area (Å²) in [7, 11) is 0. The molecule has 1 saturated heterocycles. The second-order valence-corrected chi connectivity index (χ2v) is 7.44. The monoisotopic (exact) mass is 415 g/mol. The minimum atomic E-state index is -4.37. The van der Waals surface area contributed by atoms with Crippen LogP contribution in [0.15, 0.2) is 24.3 Å². The molecule has 2 aliphatic rings. The van der Waals surface area contributed by atoms with Crippen molar-refractivity contribution in [1.82, 2.24) is 15.5 Å². The summed E-state index contributed by atoms with van der Waals surface area (Å²) < 4.78 is 49.4. The zero-order valence-electron chi connectivity index (χ0n) is 16.3. The predicted octanol–water partition coefficient (Wildman–Crippen LogP) is 2.80. The number of amides is 2. The highest BCUT2D eigenvalue weighted by atomic mass is 19.4. The Balaban J connectivity index is 1.51. The van der Waals surface area contributed by atoms with Gasteiger partial charge in [0.05, 0.1) is 31.4 Å². The first-order chi connectivity index (χ1) is 13.9. The van der Waals surface area contributed by atoms with Gasteiger partial charge >= 0.3 is 12.2 Å². The standard InChI is InChI=1S/C20H28F3N3O3/c21-20(22,23)17-5-3-16(4-6-17)18(26-8-11-28-12-9-26)13-25-19(27)24-7-10-29-14-15-1-2-15/h3-6,15,18H,1-2,7-14H2,(H2,24,25,27). The highest BCUT2D eigenvalue weighted by molar-refractivity contribution is 5.73. The van der Waals surface area contributed by atoms with Crippen LogP contribution in [0.4, 0.5) is 18.0 Å². The first-order valence-corrected chi connectivity index (χ1v) is 10.0. The average molecular weight is 415 g/mol. The third-order valence-electron chi connectivity index (χ3n) is 5.15. The van der Waals surface area contributed by atoms with Crippen molar-refractivity contribution in [1.29, 1.82) is 0 Å². The van der Waals surface area contributed by atoms with Crippen LogP contribution in [-0.4, -0.2) is 63.5 Å². The van der Waals surface area contributed by atoms with E-state index in [1.165, 1.54) is 25.0 Å². The van der Waals surface area contributed by atoms with Crippen molar-refractivity contribution >= 4 is 6.03 Å². The number of halogens is 3. The number of carbonyl (C=O) groups excluding carboxylic acids is 1. The van der Waals surface area contributed by atoms with Crippen LogP contribution in [0.25, 0.3) is 0 Å². The van der Waals surface area contributed by atoms with Crippen LogP contribution < -0.4 is 10.6 Å². The molecule has 1 heterocycles. The van der Waals surface area contributed by atoms with Crippen molar-refractivity contribution in [2.75, 3.05) is 52.6 Å². The Labute approximate surface area is 168 Å². The van der Waals surface area contributed by atoms with E-state index in [-0.39, 0.29) is 12.1 Å². The lowest BCUT2D eigenvalue weighted by atomic mass is 10.0. The number of hydrogen-bond acceptors (Lipinski definition) is 4. The number of nitrogens with zero attached hydrogens (tertiary/aromatic N) is 1. The first-order valence-electron chi connectivity index (χ1n) is 10.0. The lowest BCUT2D eigenvalue weighted by molar-refractivity contribution is -0.137. The molecule has 3 rings (SSSR count). The van der Waals surface area contributed by atoms with Crippen molar-refractivity contribution in [3.63, 3.8) is 0 Å². The minimum Gasteiger partial charge on any atom is -0.379 e. The summed E-state index contributed by atoms with van der Waals surface area (Å²) in [6.45, 7) is 4.35. The largest absolute Gasteiger partial charge is 0.416 e. The molecule has 0 radical (unpaired) electrons. The number of morpholine rings is 1. The van der Waals surface area contributed by atoms with E-state index in [0.29, 0.717) is 51.9 Å². The zero-order valence-corrected chi connectivity index (χ0v) is 16.3. The maximum absolute atomic E-state index is 12.8. The Hall–Kier alpha value is -1.84. The Morgan fingerprint density at radius 3 is 2.48 bits per heavy atom. The zero-order chi connectivity index (χ0) is 20.7. The fourth-order valence-corrected chi connectivity index (χ4v) is 3.26. The van der Waals surface area contributed by atoms with Gasteiger partial charge in [-0.2, -0.15) is 13.2 Å². The third-order valence-corrected chi connectivity index (χ3v) is 5.15. The highest BCUT2D eigenvalue weighted by Gasteiger charge is 2.31. The molecule has 1 unspecified atom stereocenters. The third kappa shape index (κ3) is 7.17. The summed E-state index contributed by atoms with van der Waals surface area (Å²) in [5, 5.41) is 5.57. The van der Waals surface area contributed by atoms with Crippen molar-refractivity contribution < 1.29 is 27.4 Å². The van der Waals surface area contributed by atoms with Gasteiger partial charge < -0.3 is 20.1 Å². The van der Waals surface area contributed by atoms with Crippen LogP contribution in [0.3, 0.4) is 0 Å². The maximum atomic E-state index is 12.8. The molecule has 2 amide bonds. The van der Waals surface area contributed by atoms with Gasteiger partial charge in [-0.3, -0.25) is 4.90 Å². The van der Waals surface area contributed by atoms with Crippen molar-refractivity contribution in [3.05, 3.63) is 35.4 Å². The number of ether oxygens (including phenoxy) is 2. The summed E-state index contributed by atoms with van der Waals surface area (Å²) in [6.07, 6.45) is -1.92. The molecule has 9 heteroatoms. The normalized spacial score (nSPS) is 19.0. The molecule has 1 aliphatic heterocycles. The van der Waals surface area contributed by atoms with Gasteiger partial charge in [-0.25, -0.2) is 4.79 Å². The van der Waals surface area contributed by atoms with Crippen LogP contribution in [0.2, 0.25) is 0 Å². The van der Waals surface area contributed by atoms with Gasteiger partial charge in [-0.1, -0.05) is 12.1 Å². The number of nitrogens with one attached hydrogen (secondary N) is 2. The lowest BCUT2D eigenvalue weighted by Gasteiger charge is -2.35. The molecule has 1 aromatic carbocycles. The van der Waals surface area contributed by atoms with Crippen LogP contribution >= 0.6 is 0 Å². The van der Waals surface area contributed by atoms with Gasteiger partial charge in [0.1, 0.15) is 0 Å². The average Bonchev–Trinajstić information content (AvgIpc) is 3.53. The van der Waals surface area contributed by atoms with E-state index in [1.807, 2.05) is 0 Å². The number of hydrogen-bond donors (Lipinski definition) is 2. The first kappa shape index (κ1) is 21.9. The second-order valence-electron chi connectivity index (χ2n) is 7.44. The van der Waals surface area contributed by atoms with Gasteiger partial charge in [0.15, 0.2) is 0 Å². The van der Waals surface area contributed by atoms with Gasteiger partial charge in [-0.15, -0.1) is 0 Å². The summed E-state index contributed by atoms with van der Waals surface area (Å²) >= 11 is 0. The molecule has 0 spiro atoms. The minimum absolute atomic E-state index is 0.224. The number of alkyl halides is 3. The molecule has 1 aliphatic carbocycles. The lowest BCUT2D eigenvalue weighted by Crippen LogP contribution is -2.46. The van der Waals surface area contributed by atoms with E-state index >= 15 is 0 Å². The Morgan fingerprint density at radius 2 is 1.86 bits per heavy atom. The summed E-state index contributed by atoms with van der Waals surface area (Å²) in [4.78, 5) is 14.2. The number of rotatable bonds is 9. The number of urea groups is 1. The molecule has 2 N–H and O–H groups in total. The molecular weight excluding hydrogens is 387 g/mol. The van der Waals surface area contributed by atoms with Crippen molar-refractivity contribution in [2.24, 2.45) is 5.92 Å². The second kappa shape index (κ2) is 10.3. The molecule has 162 valence electrons. The Bertz CT molecular complexity index is 645. The number of benzene rings is 1. The SMILES string of the molecule is O=C(NCCOCC1CC1)NCC(c1ccc(C(F)(F)F)cc1)N1CCOCC1. The van der Waals surface area contributed by atoms with E-state index in [4.69, 9.17) is 9.47 Å². The van der Waals surface area contributed by atoms with Crippen molar-refractivity contribution in [2.45, 2.75) is 25.1 Å². The van der Waals surface area contributed by atoms with Gasteiger partial charge in [0.2, 0.25) is 0 Å². The fourth-order valence-electron chi connectivity index (χ4n) is 3.26. The molecule has 0 bridgehead atoms. The molecule has 1 saturated carbocycles. The summed E-state index contributed by atoms with van der Waals surface area (Å²) in [5.74, 6) is 0.682. The van der Waals surface area contributed by atoms with Gasteiger partial charge in [-0.05, 0) is 36.5 Å². The van der Waals surface area contributed by atoms with E-state index in [1.54, 1.807) is 0 Å². The molecule has 1 atom stereocenters. The van der Waals surface area contributed by atoms with Gasteiger partial charge in [0.25, 0.3) is 0 Å². The molecule has 2 fully saturated rings. The van der Waals surface area contributed by atoms with Crippen LogP contribution in [0, 0.1) is 5.92 Å². The maximum Gasteiger partial charge on any atom is 0.416 e. The fraction of sp³-hybridized carbons (Fsp3) is 0.650. The summed E-state index contributed by atoms with van der Waals surface area (Å²) in [6, 6.07) is 4.59. The number of carbonyl (C=O) groups is 1. The Kier molecular flexibility index (Phi) is 7.74. The highest BCUT2D eigenvalue weighted by Crippen LogP contribution is 2.31. The molecule has 6 nitrogen and oxygen atoms in total. The van der Waals surface area contributed by atoms with E-state index in [0.717, 1.165) is 24.3 Å². The summed E-state index contributed by atoms with van der Waals surface area (Å²) in [5.41, 5.74) is 0.0480. The molecule has 0 aromatic heterocycles. The quantitative estimate of drug-likeness (QED) is 0.609. The smallest absolute Gasteiger partial charge is 0.379 e. The van der Waals surface area contributed by atoms with Crippen LogP contribution in [0.1, 0.15) is 30.0 Å². The molecule has 1 aromatic rings. The van der Waals surface area contributed by atoms with E-state index in [2.05, 4.69) is 15.5 Å². The van der Waals surface area contributed by atoms with Gasteiger partial charge in [0, 0.05) is 32.8 Å². The molecule has 29 heavy (non-hydrogen) atoms. The van der Waals surface area contributed by atoms with Crippen molar-refractivity contribution in [3.8, 4) is 0 Å². The van der Waals surface area contributed by atoms with E-state index < -0.39 is 11.7 Å². The van der Waals surface area contributed by atoms with Crippen LogP contribution in [-0.2, 0) is 15.7 Å². The van der Waals surface area contributed by atoms with Crippen LogP contribution in [0.5, 0.6) is 0 Å². The predicted molar refractivity (Wildman–Crippen MR) is 102 cm³/mol. The molecular formula is C20H28F3N3O3. The van der Waals surface area contributed by atoms with E-state index in [9.17, 15) is 18.0 Å². The Morgan fingerprint density at radius 1 is 1.17 bits per heavy atom. The topological polar surface area (TPSA) is 62.8 Å².